The van der Waals surface area contributed by atoms with Crippen molar-refractivity contribution in [3.63, 3.8) is 0 Å². The molecule has 4 heterocycles. The SMILES string of the molecule is COC1CCC(C(=O)N2Cc3cccnc3Nc3ccc(-c4ccn(C5CCCCO5)n4)cc32)CC1. The van der Waals surface area contributed by atoms with Gasteiger partial charge >= 0.3 is 0 Å². The van der Waals surface area contributed by atoms with Gasteiger partial charge in [0.15, 0.2) is 0 Å². The largest absolute Gasteiger partial charge is 0.381 e. The molecule has 2 fully saturated rings. The van der Waals surface area contributed by atoms with E-state index in [2.05, 4.69) is 22.4 Å². The van der Waals surface area contributed by atoms with E-state index >= 15 is 0 Å². The summed E-state index contributed by atoms with van der Waals surface area (Å²) < 4.78 is 13.4. The molecule has 1 amide bonds. The summed E-state index contributed by atoms with van der Waals surface area (Å²) in [6.07, 6.45) is 10.8. The number of methoxy groups -OCH3 is 1. The first-order valence-electron chi connectivity index (χ1n) is 13.1. The number of hydrogen-bond donors (Lipinski definition) is 1. The van der Waals surface area contributed by atoms with Crippen LogP contribution in [0.1, 0.15) is 56.7 Å². The quantitative estimate of drug-likeness (QED) is 0.528. The van der Waals surface area contributed by atoms with Gasteiger partial charge in [0.05, 0.1) is 29.7 Å². The zero-order valence-corrected chi connectivity index (χ0v) is 20.7. The molecule has 2 aromatic heterocycles. The van der Waals surface area contributed by atoms with Gasteiger partial charge in [0, 0.05) is 43.2 Å². The fraction of sp³-hybridized carbons (Fsp3) is 0.464. The molecule has 3 aromatic rings. The minimum absolute atomic E-state index is 0.00382. The van der Waals surface area contributed by atoms with Gasteiger partial charge in [0.1, 0.15) is 12.0 Å². The number of carbonyl (C=O) groups is 1. The van der Waals surface area contributed by atoms with Crippen LogP contribution in [-0.2, 0) is 20.8 Å². The summed E-state index contributed by atoms with van der Waals surface area (Å²) in [5.74, 6) is 0.958. The van der Waals surface area contributed by atoms with Crippen LogP contribution in [0.2, 0.25) is 0 Å². The number of benzene rings is 1. The van der Waals surface area contributed by atoms with E-state index in [0.29, 0.717) is 6.54 Å². The molecule has 0 spiro atoms. The molecule has 36 heavy (non-hydrogen) atoms. The third kappa shape index (κ3) is 4.51. The number of anilines is 3. The molecule has 1 unspecified atom stereocenters. The van der Waals surface area contributed by atoms with Crippen LogP contribution in [0.5, 0.6) is 0 Å². The Morgan fingerprint density at radius 1 is 1.11 bits per heavy atom. The Labute approximate surface area is 211 Å². The third-order valence-electron chi connectivity index (χ3n) is 7.74. The Morgan fingerprint density at radius 2 is 2.00 bits per heavy atom. The molecule has 1 aliphatic carbocycles. The lowest BCUT2D eigenvalue weighted by atomic mass is 9.86. The maximum Gasteiger partial charge on any atom is 0.230 e. The van der Waals surface area contributed by atoms with Gasteiger partial charge in [-0.2, -0.15) is 5.10 Å². The molecule has 6 rings (SSSR count). The van der Waals surface area contributed by atoms with Gasteiger partial charge in [-0.05, 0) is 69.2 Å². The molecule has 0 radical (unpaired) electrons. The number of nitrogens with one attached hydrogen (secondary N) is 1. The maximum atomic E-state index is 13.9. The van der Waals surface area contributed by atoms with Crippen molar-refractivity contribution >= 4 is 23.1 Å². The number of hydrogen-bond acceptors (Lipinski definition) is 6. The summed E-state index contributed by atoms with van der Waals surface area (Å²) in [7, 11) is 1.76. The molecule has 2 aliphatic heterocycles. The fourth-order valence-corrected chi connectivity index (χ4v) is 5.63. The van der Waals surface area contributed by atoms with E-state index in [-0.39, 0.29) is 24.2 Å². The van der Waals surface area contributed by atoms with Crippen LogP contribution in [0.15, 0.2) is 48.8 Å². The zero-order chi connectivity index (χ0) is 24.5. The molecule has 1 aromatic carbocycles. The molecular weight excluding hydrogens is 454 g/mol. The molecule has 1 saturated carbocycles. The third-order valence-corrected chi connectivity index (χ3v) is 7.74. The molecular formula is C28H33N5O3. The predicted octanol–water partition coefficient (Wildman–Crippen LogP) is 5.44. The van der Waals surface area contributed by atoms with E-state index in [1.807, 2.05) is 40.0 Å². The monoisotopic (exact) mass is 487 g/mol. The van der Waals surface area contributed by atoms with Gasteiger partial charge in [-0.3, -0.25) is 4.79 Å². The molecule has 1 N–H and O–H groups in total. The minimum atomic E-state index is -0.00575. The molecule has 0 bridgehead atoms. The second kappa shape index (κ2) is 10.0. The molecule has 8 heteroatoms. The average Bonchev–Trinajstić information content (AvgIpc) is 3.37. The first kappa shape index (κ1) is 23.2. The highest BCUT2D eigenvalue weighted by Gasteiger charge is 2.33. The summed E-state index contributed by atoms with van der Waals surface area (Å²) >= 11 is 0. The maximum absolute atomic E-state index is 13.9. The number of rotatable bonds is 4. The zero-order valence-electron chi connectivity index (χ0n) is 20.7. The first-order chi connectivity index (χ1) is 17.7. The Bertz CT molecular complexity index is 1230. The number of fused-ring (bicyclic) bond motifs is 2. The van der Waals surface area contributed by atoms with Crippen LogP contribution in [0.3, 0.4) is 0 Å². The highest BCUT2D eigenvalue weighted by atomic mass is 16.5. The summed E-state index contributed by atoms with van der Waals surface area (Å²) in [4.78, 5) is 20.4. The average molecular weight is 488 g/mol. The lowest BCUT2D eigenvalue weighted by Gasteiger charge is -2.32. The van der Waals surface area contributed by atoms with Crippen LogP contribution >= 0.6 is 0 Å². The fourth-order valence-electron chi connectivity index (χ4n) is 5.63. The van der Waals surface area contributed by atoms with E-state index in [9.17, 15) is 4.79 Å². The topological polar surface area (TPSA) is 81.5 Å². The van der Waals surface area contributed by atoms with Crippen LogP contribution < -0.4 is 10.2 Å². The molecule has 8 nitrogen and oxygen atoms in total. The van der Waals surface area contributed by atoms with Crippen molar-refractivity contribution in [1.82, 2.24) is 14.8 Å². The van der Waals surface area contributed by atoms with Gasteiger partial charge in [-0.25, -0.2) is 9.67 Å². The second-order valence-electron chi connectivity index (χ2n) is 10.0. The lowest BCUT2D eigenvalue weighted by Crippen LogP contribution is -2.38. The van der Waals surface area contributed by atoms with Crippen molar-refractivity contribution in [3.8, 4) is 11.3 Å². The number of aromatic nitrogens is 3. The summed E-state index contributed by atoms with van der Waals surface area (Å²) in [5.41, 5.74) is 4.61. The minimum Gasteiger partial charge on any atom is -0.381 e. The van der Waals surface area contributed by atoms with Crippen molar-refractivity contribution in [2.75, 3.05) is 23.9 Å². The number of amides is 1. The number of carbonyl (C=O) groups excluding carboxylic acids is 1. The molecule has 1 saturated heterocycles. The lowest BCUT2D eigenvalue weighted by molar-refractivity contribution is -0.124. The summed E-state index contributed by atoms with van der Waals surface area (Å²) in [5, 5.41) is 8.31. The predicted molar refractivity (Wildman–Crippen MR) is 138 cm³/mol. The van der Waals surface area contributed by atoms with E-state index in [1.54, 1.807) is 13.3 Å². The second-order valence-corrected chi connectivity index (χ2v) is 10.0. The summed E-state index contributed by atoms with van der Waals surface area (Å²) in [6, 6.07) is 12.2. The Balaban J connectivity index is 1.33. The van der Waals surface area contributed by atoms with Gasteiger partial charge in [-0.15, -0.1) is 0 Å². The highest BCUT2D eigenvalue weighted by Crippen LogP contribution is 2.40. The van der Waals surface area contributed by atoms with E-state index < -0.39 is 0 Å². The Hall–Kier alpha value is -3.23. The number of ether oxygens (including phenoxy) is 2. The Morgan fingerprint density at radius 3 is 2.81 bits per heavy atom. The Kier molecular flexibility index (Phi) is 6.46. The van der Waals surface area contributed by atoms with Crippen LogP contribution in [0.25, 0.3) is 11.3 Å². The van der Waals surface area contributed by atoms with Gasteiger partial charge in [-0.1, -0.05) is 12.1 Å². The summed E-state index contributed by atoms with van der Waals surface area (Å²) in [6.45, 7) is 1.27. The van der Waals surface area contributed by atoms with E-state index in [4.69, 9.17) is 14.6 Å². The van der Waals surface area contributed by atoms with Gasteiger partial charge < -0.3 is 19.7 Å². The first-order valence-corrected chi connectivity index (χ1v) is 13.1. The number of pyridine rings is 1. The number of nitrogens with zero attached hydrogens (tertiary/aromatic N) is 4. The van der Waals surface area contributed by atoms with Crippen molar-refractivity contribution < 1.29 is 14.3 Å². The molecule has 188 valence electrons. The normalized spacial score (nSPS) is 23.8. The van der Waals surface area contributed by atoms with Crippen LogP contribution in [-0.4, -0.2) is 40.5 Å². The van der Waals surface area contributed by atoms with Crippen molar-refractivity contribution in [1.29, 1.82) is 0 Å². The molecule has 1 atom stereocenters. The van der Waals surface area contributed by atoms with Crippen LogP contribution in [0, 0.1) is 5.92 Å². The van der Waals surface area contributed by atoms with E-state index in [1.165, 1.54) is 0 Å². The van der Waals surface area contributed by atoms with E-state index in [0.717, 1.165) is 85.6 Å². The van der Waals surface area contributed by atoms with Gasteiger partial charge in [0.2, 0.25) is 5.91 Å². The van der Waals surface area contributed by atoms with Crippen molar-refractivity contribution in [2.45, 2.75) is 63.8 Å². The van der Waals surface area contributed by atoms with Crippen molar-refractivity contribution in [3.05, 3.63) is 54.4 Å². The smallest absolute Gasteiger partial charge is 0.230 e. The van der Waals surface area contributed by atoms with Crippen LogP contribution in [0.4, 0.5) is 17.2 Å². The standard InChI is InChI=1S/C28H33N5O3/c1-35-22-10-7-19(8-11-22)28(34)32-18-21-5-4-14-29-27(21)30-24-12-9-20(17-25(24)32)23-13-15-33(31-23)26-6-2-3-16-36-26/h4-5,9,12-15,17,19,22,26H,2-3,6-8,10-11,16,18H2,1H3,(H,29,30). The van der Waals surface area contributed by atoms with Crippen molar-refractivity contribution in [2.24, 2.45) is 5.92 Å². The van der Waals surface area contributed by atoms with Gasteiger partial charge in [0.25, 0.3) is 0 Å². The molecule has 3 aliphatic rings. The highest BCUT2D eigenvalue weighted by molar-refractivity contribution is 6.00.